The van der Waals surface area contributed by atoms with Gasteiger partial charge in [0.05, 0.1) is 5.02 Å². The van der Waals surface area contributed by atoms with Gasteiger partial charge in [-0.15, -0.1) is 0 Å². The first-order valence-corrected chi connectivity index (χ1v) is 8.78. The van der Waals surface area contributed by atoms with Crippen molar-refractivity contribution < 1.29 is 8.42 Å². The molecule has 21 heavy (non-hydrogen) atoms. The Balaban J connectivity index is 2.22. The Morgan fingerprint density at radius 3 is 2.52 bits per heavy atom. The lowest BCUT2D eigenvalue weighted by Crippen LogP contribution is -2.39. The molecule has 0 bridgehead atoms. The first-order valence-electron chi connectivity index (χ1n) is 6.96. The van der Waals surface area contributed by atoms with E-state index in [2.05, 4.69) is 17.3 Å². The third-order valence-electron chi connectivity index (χ3n) is 4.13. The number of hydrogen-bond acceptors (Lipinski definition) is 5. The van der Waals surface area contributed by atoms with Crippen molar-refractivity contribution in [2.45, 2.75) is 43.5 Å². The molecule has 0 atom stereocenters. The van der Waals surface area contributed by atoms with Gasteiger partial charge < -0.3 is 5.43 Å². The predicted molar refractivity (Wildman–Crippen MR) is 83.4 cm³/mol. The van der Waals surface area contributed by atoms with Crippen LogP contribution in [0.4, 0.5) is 5.82 Å². The van der Waals surface area contributed by atoms with Gasteiger partial charge in [-0.05, 0) is 37.7 Å². The van der Waals surface area contributed by atoms with E-state index >= 15 is 0 Å². The van der Waals surface area contributed by atoms with Crippen LogP contribution in [0.5, 0.6) is 0 Å². The zero-order valence-electron chi connectivity index (χ0n) is 12.2. The van der Waals surface area contributed by atoms with Crippen molar-refractivity contribution in [1.82, 2.24) is 9.29 Å². The Bertz CT molecular complexity index is 600. The van der Waals surface area contributed by atoms with Crippen molar-refractivity contribution in [1.29, 1.82) is 0 Å². The van der Waals surface area contributed by atoms with Crippen LogP contribution in [-0.4, -0.2) is 30.8 Å². The highest BCUT2D eigenvalue weighted by molar-refractivity contribution is 7.89. The maximum Gasteiger partial charge on any atom is 0.244 e. The predicted octanol–water partition coefficient (Wildman–Crippen LogP) is 2.22. The van der Waals surface area contributed by atoms with Gasteiger partial charge in [-0.1, -0.05) is 18.5 Å². The second-order valence-corrected chi connectivity index (χ2v) is 7.99. The molecule has 0 radical (unpaired) electrons. The van der Waals surface area contributed by atoms with Crippen LogP contribution in [0, 0.1) is 5.92 Å². The maximum absolute atomic E-state index is 12.6. The third kappa shape index (κ3) is 3.48. The maximum atomic E-state index is 12.6. The fraction of sp³-hybridized carbons (Fsp3) is 0.615. The standard InChI is InChI=1S/C13H21ClN4O2S/c1-9-3-5-10(6-4-9)18(2)21(19,20)11-7-12(14)13(17-15)16-8-11/h7-10H,3-6,15H2,1-2H3,(H,16,17). The molecule has 0 amide bonds. The van der Waals surface area contributed by atoms with E-state index in [1.54, 1.807) is 7.05 Å². The Kier molecular flexibility index (Phi) is 5.08. The van der Waals surface area contributed by atoms with E-state index in [-0.39, 0.29) is 21.8 Å². The Morgan fingerprint density at radius 2 is 2.00 bits per heavy atom. The second kappa shape index (κ2) is 6.48. The van der Waals surface area contributed by atoms with Gasteiger partial charge >= 0.3 is 0 Å². The van der Waals surface area contributed by atoms with E-state index in [1.165, 1.54) is 16.6 Å². The summed E-state index contributed by atoms with van der Waals surface area (Å²) < 4.78 is 26.7. The zero-order chi connectivity index (χ0) is 15.6. The van der Waals surface area contributed by atoms with Crippen LogP contribution >= 0.6 is 11.6 Å². The number of rotatable bonds is 4. The van der Waals surface area contributed by atoms with Gasteiger partial charge in [0.1, 0.15) is 4.90 Å². The summed E-state index contributed by atoms with van der Waals surface area (Å²) in [5.41, 5.74) is 2.32. The number of nitrogens with two attached hydrogens (primary N) is 1. The molecular formula is C13H21ClN4O2S. The van der Waals surface area contributed by atoms with Crippen LogP contribution in [0.3, 0.4) is 0 Å². The van der Waals surface area contributed by atoms with Crippen molar-refractivity contribution in [2.24, 2.45) is 11.8 Å². The molecule has 1 saturated carbocycles. The molecule has 1 heterocycles. The van der Waals surface area contributed by atoms with Gasteiger partial charge in [-0.25, -0.2) is 19.2 Å². The smallest absolute Gasteiger partial charge is 0.244 e. The van der Waals surface area contributed by atoms with Gasteiger partial charge in [0.15, 0.2) is 5.82 Å². The van der Waals surface area contributed by atoms with Crippen LogP contribution in [0.15, 0.2) is 17.2 Å². The van der Waals surface area contributed by atoms with Crippen molar-refractivity contribution >= 4 is 27.4 Å². The highest BCUT2D eigenvalue weighted by Crippen LogP contribution is 2.30. The molecule has 0 spiro atoms. The average Bonchev–Trinajstić information content (AvgIpc) is 2.47. The van der Waals surface area contributed by atoms with Gasteiger partial charge in [0.2, 0.25) is 10.0 Å². The number of halogens is 1. The lowest BCUT2D eigenvalue weighted by molar-refractivity contribution is 0.246. The number of nitrogens with one attached hydrogen (secondary N) is 1. The van der Waals surface area contributed by atoms with E-state index in [4.69, 9.17) is 17.4 Å². The molecule has 1 fully saturated rings. The van der Waals surface area contributed by atoms with Crippen LogP contribution in [0.2, 0.25) is 5.02 Å². The number of nitrogen functional groups attached to an aromatic ring is 1. The van der Waals surface area contributed by atoms with Gasteiger partial charge in [0.25, 0.3) is 0 Å². The minimum atomic E-state index is -3.59. The number of hydrazine groups is 1. The summed E-state index contributed by atoms with van der Waals surface area (Å²) >= 11 is 5.96. The first kappa shape index (κ1) is 16.5. The normalized spacial score (nSPS) is 23.3. The first-order chi connectivity index (χ1) is 9.86. The number of aromatic nitrogens is 1. The third-order valence-corrected chi connectivity index (χ3v) is 6.29. The monoisotopic (exact) mass is 332 g/mol. The van der Waals surface area contributed by atoms with Gasteiger partial charge in [-0.2, -0.15) is 4.31 Å². The summed E-state index contributed by atoms with van der Waals surface area (Å²) in [7, 11) is -1.96. The quantitative estimate of drug-likeness (QED) is 0.652. The highest BCUT2D eigenvalue weighted by Gasteiger charge is 2.31. The summed E-state index contributed by atoms with van der Waals surface area (Å²) in [6.07, 6.45) is 5.17. The molecule has 6 nitrogen and oxygen atoms in total. The van der Waals surface area contributed by atoms with Crippen molar-refractivity contribution in [3.05, 3.63) is 17.3 Å². The molecule has 1 aromatic rings. The summed E-state index contributed by atoms with van der Waals surface area (Å²) in [6.45, 7) is 2.20. The van der Waals surface area contributed by atoms with Crippen molar-refractivity contribution in [3.63, 3.8) is 0 Å². The van der Waals surface area contributed by atoms with Crippen LogP contribution in [0.1, 0.15) is 32.6 Å². The summed E-state index contributed by atoms with van der Waals surface area (Å²) in [5.74, 6) is 6.17. The van der Waals surface area contributed by atoms with E-state index in [9.17, 15) is 8.42 Å². The molecule has 1 aromatic heterocycles. The molecule has 1 aliphatic rings. The number of anilines is 1. The summed E-state index contributed by atoms with van der Waals surface area (Å²) in [6, 6.07) is 1.42. The van der Waals surface area contributed by atoms with Crippen molar-refractivity contribution in [3.8, 4) is 0 Å². The highest BCUT2D eigenvalue weighted by atomic mass is 35.5. The Morgan fingerprint density at radius 1 is 1.38 bits per heavy atom. The molecule has 8 heteroatoms. The Labute approximate surface area is 130 Å². The van der Waals surface area contributed by atoms with Crippen LogP contribution in [0.25, 0.3) is 0 Å². The van der Waals surface area contributed by atoms with Crippen molar-refractivity contribution in [2.75, 3.05) is 12.5 Å². The molecular weight excluding hydrogens is 312 g/mol. The minimum absolute atomic E-state index is 0.0392. The second-order valence-electron chi connectivity index (χ2n) is 5.58. The molecule has 1 aliphatic carbocycles. The number of pyridine rings is 1. The molecule has 0 aromatic carbocycles. The van der Waals surface area contributed by atoms with E-state index in [1.807, 2.05) is 0 Å². The number of sulfonamides is 1. The van der Waals surface area contributed by atoms with Crippen LogP contribution in [-0.2, 0) is 10.0 Å². The van der Waals surface area contributed by atoms with E-state index in [0.717, 1.165) is 25.7 Å². The molecule has 0 saturated heterocycles. The van der Waals surface area contributed by atoms with E-state index in [0.29, 0.717) is 5.92 Å². The summed E-state index contributed by atoms with van der Waals surface area (Å²) in [4.78, 5) is 4.02. The Hall–Kier alpha value is -0.890. The minimum Gasteiger partial charge on any atom is -0.307 e. The molecule has 118 valence electrons. The molecule has 0 aliphatic heterocycles. The SMILES string of the molecule is CC1CCC(N(C)S(=O)(=O)c2cnc(NN)c(Cl)c2)CC1. The topological polar surface area (TPSA) is 88.3 Å². The van der Waals surface area contributed by atoms with Crippen LogP contribution < -0.4 is 11.3 Å². The fourth-order valence-corrected chi connectivity index (χ4v) is 4.31. The average molecular weight is 333 g/mol. The molecule has 3 N–H and O–H groups in total. The van der Waals surface area contributed by atoms with Gasteiger partial charge in [0, 0.05) is 19.3 Å². The fourth-order valence-electron chi connectivity index (χ4n) is 2.64. The zero-order valence-corrected chi connectivity index (χ0v) is 13.8. The largest absolute Gasteiger partial charge is 0.307 e. The van der Waals surface area contributed by atoms with Gasteiger partial charge in [-0.3, -0.25) is 0 Å². The molecule has 0 unspecified atom stereocenters. The molecule has 2 rings (SSSR count). The number of hydrogen-bond donors (Lipinski definition) is 2. The lowest BCUT2D eigenvalue weighted by atomic mass is 9.87. The summed E-state index contributed by atoms with van der Waals surface area (Å²) in [5, 5.41) is 0.184. The van der Waals surface area contributed by atoms with E-state index < -0.39 is 10.0 Å². The lowest BCUT2D eigenvalue weighted by Gasteiger charge is -2.32. The number of nitrogens with zero attached hydrogens (tertiary/aromatic N) is 2.